The smallest absolute Gasteiger partial charge is 0.281 e. The first kappa shape index (κ1) is 24.0. The monoisotopic (exact) mass is 482 g/mol. The van der Waals surface area contributed by atoms with Gasteiger partial charge >= 0.3 is 0 Å². The number of benzene rings is 2. The van der Waals surface area contributed by atoms with E-state index in [0.29, 0.717) is 24.3 Å². The van der Waals surface area contributed by atoms with Crippen LogP contribution >= 0.6 is 0 Å². The summed E-state index contributed by atoms with van der Waals surface area (Å²) in [4.78, 5) is 28.2. The summed E-state index contributed by atoms with van der Waals surface area (Å²) in [6.45, 7) is 6.44. The average molecular weight is 483 g/mol. The van der Waals surface area contributed by atoms with E-state index >= 15 is 0 Å². The Labute approximate surface area is 212 Å². The normalized spacial score (nSPS) is 14.4. The van der Waals surface area contributed by atoms with Gasteiger partial charge in [-0.25, -0.2) is 0 Å². The molecular formula is C30H34N4O2. The van der Waals surface area contributed by atoms with Crippen LogP contribution in [0.2, 0.25) is 0 Å². The zero-order valence-electron chi connectivity index (χ0n) is 21.2. The van der Waals surface area contributed by atoms with Gasteiger partial charge in [0.1, 0.15) is 0 Å². The Hall–Kier alpha value is -3.67. The molecule has 1 aliphatic rings. The van der Waals surface area contributed by atoms with Crippen LogP contribution in [0.25, 0.3) is 16.5 Å². The largest absolute Gasteiger partial charge is 0.348 e. The Morgan fingerprint density at radius 2 is 1.61 bits per heavy atom. The molecule has 186 valence electrons. The highest BCUT2D eigenvalue weighted by molar-refractivity contribution is 5.87. The van der Waals surface area contributed by atoms with Gasteiger partial charge in [0.15, 0.2) is 0 Å². The number of amides is 1. The molecule has 0 N–H and O–H groups in total. The summed E-state index contributed by atoms with van der Waals surface area (Å²) in [5, 5.41) is 6.02. The molecule has 2 aromatic carbocycles. The molecule has 1 saturated heterocycles. The Morgan fingerprint density at radius 1 is 0.944 bits per heavy atom. The lowest BCUT2D eigenvalue weighted by Crippen LogP contribution is -2.38. The molecule has 0 unspecified atom stereocenters. The second-order valence-electron chi connectivity index (χ2n) is 9.93. The Morgan fingerprint density at radius 3 is 2.31 bits per heavy atom. The minimum atomic E-state index is -0.104. The highest BCUT2D eigenvalue weighted by Crippen LogP contribution is 2.24. The van der Waals surface area contributed by atoms with Crippen molar-refractivity contribution in [2.45, 2.75) is 52.5 Å². The molecule has 5 rings (SSSR count). The number of hydrogen-bond donors (Lipinski definition) is 0. The zero-order valence-corrected chi connectivity index (χ0v) is 21.2. The van der Waals surface area contributed by atoms with Crippen molar-refractivity contribution >= 4 is 16.7 Å². The van der Waals surface area contributed by atoms with Gasteiger partial charge in [-0.2, -0.15) is 9.78 Å². The lowest BCUT2D eigenvalue weighted by atomic mass is 9.90. The number of aromatic nitrogens is 3. The quantitative estimate of drug-likeness (QED) is 0.370. The van der Waals surface area contributed by atoms with Crippen LogP contribution in [0.3, 0.4) is 0 Å². The molecule has 0 atom stereocenters. The number of carbonyl (C=O) groups excluding carboxylic acids is 1. The van der Waals surface area contributed by atoms with Crippen molar-refractivity contribution in [3.05, 3.63) is 94.2 Å². The van der Waals surface area contributed by atoms with Crippen LogP contribution < -0.4 is 5.56 Å². The minimum Gasteiger partial charge on any atom is -0.348 e. The van der Waals surface area contributed by atoms with Crippen LogP contribution in [0.4, 0.5) is 0 Å². The van der Waals surface area contributed by atoms with Gasteiger partial charge in [0.25, 0.3) is 5.56 Å². The van der Waals surface area contributed by atoms with Crippen LogP contribution in [0.15, 0.2) is 71.7 Å². The van der Waals surface area contributed by atoms with Crippen molar-refractivity contribution < 1.29 is 4.79 Å². The van der Waals surface area contributed by atoms with Crippen molar-refractivity contribution in [2.75, 3.05) is 13.1 Å². The van der Waals surface area contributed by atoms with Crippen molar-refractivity contribution in [3.8, 4) is 5.69 Å². The SMILES string of the molecule is Cc1c2cnn(-c3ccccc3)c(=O)c2c(C)n1CCCC(=O)N1CCC(Cc2ccccc2)CC1. The number of fused-ring (bicyclic) bond motifs is 1. The zero-order chi connectivity index (χ0) is 25.1. The molecule has 1 aliphatic heterocycles. The third-order valence-electron chi connectivity index (χ3n) is 7.65. The molecule has 6 heteroatoms. The van der Waals surface area contributed by atoms with E-state index in [1.807, 2.05) is 49.1 Å². The maximum absolute atomic E-state index is 13.3. The van der Waals surface area contributed by atoms with E-state index in [1.54, 1.807) is 6.20 Å². The molecule has 1 fully saturated rings. The molecule has 3 heterocycles. The summed E-state index contributed by atoms with van der Waals surface area (Å²) >= 11 is 0. The Kier molecular flexibility index (Phi) is 7.03. The summed E-state index contributed by atoms with van der Waals surface area (Å²) < 4.78 is 3.63. The van der Waals surface area contributed by atoms with Gasteiger partial charge in [-0.15, -0.1) is 0 Å². The number of aryl methyl sites for hydroxylation is 2. The van der Waals surface area contributed by atoms with E-state index in [0.717, 1.165) is 61.2 Å². The number of hydrogen-bond acceptors (Lipinski definition) is 3. The first-order valence-electron chi connectivity index (χ1n) is 13.0. The summed E-state index contributed by atoms with van der Waals surface area (Å²) in [6.07, 6.45) is 6.32. The summed E-state index contributed by atoms with van der Waals surface area (Å²) in [5.74, 6) is 0.899. The van der Waals surface area contributed by atoms with Gasteiger partial charge in [0.2, 0.25) is 5.91 Å². The molecule has 6 nitrogen and oxygen atoms in total. The van der Waals surface area contributed by atoms with E-state index in [2.05, 4.69) is 40.0 Å². The first-order chi connectivity index (χ1) is 17.5. The van der Waals surface area contributed by atoms with Crippen LogP contribution in [-0.2, 0) is 17.8 Å². The number of para-hydroxylation sites is 1. The summed E-state index contributed by atoms with van der Waals surface area (Å²) in [7, 11) is 0. The van der Waals surface area contributed by atoms with Crippen LogP contribution in [0.5, 0.6) is 0 Å². The lowest BCUT2D eigenvalue weighted by molar-refractivity contribution is -0.132. The van der Waals surface area contributed by atoms with Crippen molar-refractivity contribution in [2.24, 2.45) is 5.92 Å². The lowest BCUT2D eigenvalue weighted by Gasteiger charge is -2.32. The standard InChI is InChI=1S/C30H34N4O2/c1-22-27-21-31-34(26-12-7-4-8-13-26)30(36)29(27)23(2)33(22)17-9-14-28(35)32-18-15-25(16-19-32)20-24-10-5-3-6-11-24/h3-8,10-13,21,25H,9,14-20H2,1-2H3. The number of piperidine rings is 1. The molecule has 0 aliphatic carbocycles. The highest BCUT2D eigenvalue weighted by Gasteiger charge is 2.23. The molecule has 0 bridgehead atoms. The average Bonchev–Trinajstić information content (AvgIpc) is 3.15. The van der Waals surface area contributed by atoms with Gasteiger partial charge in [-0.3, -0.25) is 9.59 Å². The Bertz CT molecular complexity index is 1400. The molecular weight excluding hydrogens is 448 g/mol. The topological polar surface area (TPSA) is 60.1 Å². The number of rotatable bonds is 7. The molecule has 0 saturated carbocycles. The van der Waals surface area contributed by atoms with Crippen LogP contribution in [0, 0.1) is 19.8 Å². The highest BCUT2D eigenvalue weighted by atomic mass is 16.2. The molecule has 2 aromatic heterocycles. The second-order valence-corrected chi connectivity index (χ2v) is 9.93. The predicted octanol–water partition coefficient (Wildman–Crippen LogP) is 5.07. The number of likely N-dealkylation sites (tertiary alicyclic amines) is 1. The van der Waals surface area contributed by atoms with Crippen molar-refractivity contribution in [1.82, 2.24) is 19.2 Å². The van der Waals surface area contributed by atoms with E-state index in [9.17, 15) is 9.59 Å². The van der Waals surface area contributed by atoms with Gasteiger partial charge in [0.05, 0.1) is 17.3 Å². The van der Waals surface area contributed by atoms with Crippen molar-refractivity contribution in [3.63, 3.8) is 0 Å². The van der Waals surface area contributed by atoms with Gasteiger partial charge in [-0.05, 0) is 63.1 Å². The number of carbonyl (C=O) groups is 1. The van der Waals surface area contributed by atoms with E-state index in [1.165, 1.54) is 10.2 Å². The molecule has 0 radical (unpaired) electrons. The predicted molar refractivity (Wildman–Crippen MR) is 143 cm³/mol. The molecule has 1 amide bonds. The number of nitrogens with zero attached hydrogens (tertiary/aromatic N) is 4. The van der Waals surface area contributed by atoms with E-state index in [-0.39, 0.29) is 11.5 Å². The fourth-order valence-corrected chi connectivity index (χ4v) is 5.58. The first-order valence-corrected chi connectivity index (χ1v) is 13.0. The van der Waals surface area contributed by atoms with Gasteiger partial charge in [0, 0.05) is 42.8 Å². The fourth-order valence-electron chi connectivity index (χ4n) is 5.58. The Balaban J connectivity index is 1.20. The van der Waals surface area contributed by atoms with Crippen LogP contribution in [-0.4, -0.2) is 38.2 Å². The third kappa shape index (κ3) is 4.85. The molecule has 0 spiro atoms. The van der Waals surface area contributed by atoms with E-state index < -0.39 is 0 Å². The second kappa shape index (κ2) is 10.5. The minimum absolute atomic E-state index is 0.104. The summed E-state index contributed by atoms with van der Waals surface area (Å²) in [5.41, 5.74) is 4.01. The third-order valence-corrected chi connectivity index (χ3v) is 7.65. The maximum atomic E-state index is 13.3. The fraction of sp³-hybridized carbons (Fsp3) is 0.367. The van der Waals surface area contributed by atoms with Crippen LogP contribution in [0.1, 0.15) is 42.6 Å². The van der Waals surface area contributed by atoms with Crippen molar-refractivity contribution in [1.29, 1.82) is 0 Å². The van der Waals surface area contributed by atoms with E-state index in [4.69, 9.17) is 0 Å². The molecule has 36 heavy (non-hydrogen) atoms. The maximum Gasteiger partial charge on any atom is 0.281 e. The van der Waals surface area contributed by atoms with Gasteiger partial charge in [-0.1, -0.05) is 48.5 Å². The summed E-state index contributed by atoms with van der Waals surface area (Å²) in [6, 6.07) is 20.1. The molecule has 4 aromatic rings. The van der Waals surface area contributed by atoms with Gasteiger partial charge < -0.3 is 9.47 Å².